The standard InChI is InChI=1S/C39H54N6O6S2/c1-25(22-44-14-2-3-15-44)23-52(48,49)42-38(46)40-36-32-10-6-9-27(32)19-29-20-30(21-34(29)36)31-13-12-28-18-26-8-7-11-33(26)37(35(28)31)41-39(47)43-53(50,51)24-45-16-4-5-17-45/h18-19,25,30-31H,2-17,20-24H2,1H3,(H2,40,42,46)(H2,41,43,47). The van der Waals surface area contributed by atoms with Gasteiger partial charge in [-0.15, -0.1) is 0 Å². The number of carbonyl (C=O) groups is 2. The number of sulfonamides is 2. The first kappa shape index (κ1) is 36.8. The summed E-state index contributed by atoms with van der Waals surface area (Å²) in [5.41, 5.74) is 10.9. The van der Waals surface area contributed by atoms with E-state index in [1.54, 1.807) is 0 Å². The van der Waals surface area contributed by atoms with Crippen molar-refractivity contribution in [3.63, 3.8) is 0 Å². The molecule has 4 aliphatic carbocycles. The second-order valence-electron chi connectivity index (χ2n) is 16.6. The predicted molar refractivity (Wildman–Crippen MR) is 206 cm³/mol. The topological polar surface area (TPSA) is 157 Å². The van der Waals surface area contributed by atoms with Gasteiger partial charge in [-0.25, -0.2) is 35.9 Å². The number of carbonyl (C=O) groups excluding carboxylic acids is 2. The highest BCUT2D eigenvalue weighted by Gasteiger charge is 2.40. The van der Waals surface area contributed by atoms with Crippen LogP contribution in [0.4, 0.5) is 21.0 Å². The fourth-order valence-electron chi connectivity index (χ4n) is 10.5. The van der Waals surface area contributed by atoms with Crippen molar-refractivity contribution in [2.45, 2.75) is 103 Å². The molecule has 2 heterocycles. The first-order valence-corrected chi connectivity index (χ1v) is 23.1. The van der Waals surface area contributed by atoms with E-state index in [4.69, 9.17) is 0 Å². The summed E-state index contributed by atoms with van der Waals surface area (Å²) in [5, 5.41) is 6.08. The number of likely N-dealkylation sites (tertiary alicyclic amines) is 2. The van der Waals surface area contributed by atoms with Crippen LogP contribution in [0.25, 0.3) is 0 Å². The Bertz CT molecular complexity index is 2010. The highest BCUT2D eigenvalue weighted by atomic mass is 32.2. The van der Waals surface area contributed by atoms with Crippen LogP contribution in [-0.4, -0.2) is 83.1 Å². The minimum Gasteiger partial charge on any atom is -0.307 e. The quantitative estimate of drug-likeness (QED) is 0.254. The Kier molecular flexibility index (Phi) is 10.3. The van der Waals surface area contributed by atoms with Crippen LogP contribution in [0.1, 0.15) is 102 Å². The summed E-state index contributed by atoms with van der Waals surface area (Å²) in [6.45, 7) is 6.05. The molecule has 3 unspecified atom stereocenters. The average molecular weight is 767 g/mol. The predicted octanol–water partition coefficient (Wildman–Crippen LogP) is 4.80. The van der Waals surface area contributed by atoms with Gasteiger partial charge in [0.1, 0.15) is 5.88 Å². The first-order chi connectivity index (χ1) is 25.4. The number of amides is 4. The number of nitrogens with zero attached hydrogens (tertiary/aromatic N) is 2. The van der Waals surface area contributed by atoms with Crippen molar-refractivity contribution in [3.8, 4) is 0 Å². The molecular weight excluding hydrogens is 713 g/mol. The number of rotatable bonds is 11. The lowest BCUT2D eigenvalue weighted by Crippen LogP contribution is -2.41. The summed E-state index contributed by atoms with van der Waals surface area (Å²) in [6, 6.07) is 3.20. The zero-order valence-electron chi connectivity index (χ0n) is 30.9. The SMILES string of the molecule is CC(CN1CCCC1)CS(=O)(=O)NC(=O)Nc1c2c(cc3c1CC(C1CCc4cc5c(c(NC(=O)NS(=O)(=O)CN6CCCC6)c41)CCC5)C3)CCC2. The number of hydrogen-bond donors (Lipinski definition) is 4. The molecule has 53 heavy (non-hydrogen) atoms. The Hall–Kier alpha value is -3.20. The summed E-state index contributed by atoms with van der Waals surface area (Å²) in [5.74, 6) is -0.0163. The summed E-state index contributed by atoms with van der Waals surface area (Å²) < 4.78 is 56.7. The van der Waals surface area contributed by atoms with Gasteiger partial charge in [0.15, 0.2) is 0 Å². The van der Waals surface area contributed by atoms with Crippen molar-refractivity contribution < 1.29 is 26.4 Å². The highest BCUT2D eigenvalue weighted by Crippen LogP contribution is 2.51. The maximum atomic E-state index is 13.4. The number of nitrogens with one attached hydrogen (secondary N) is 4. The second kappa shape index (κ2) is 14.8. The van der Waals surface area contributed by atoms with Gasteiger partial charge in [0.2, 0.25) is 20.0 Å². The van der Waals surface area contributed by atoms with E-state index >= 15 is 0 Å². The smallest absolute Gasteiger partial charge is 0.307 e. The minimum atomic E-state index is -3.84. The number of aryl methyl sites for hydroxylation is 3. The molecule has 0 aromatic heterocycles. The number of urea groups is 2. The lowest BCUT2D eigenvalue weighted by atomic mass is 9.83. The van der Waals surface area contributed by atoms with Crippen LogP contribution in [0.15, 0.2) is 12.1 Å². The maximum absolute atomic E-state index is 13.4. The molecule has 6 aliphatic rings. The van der Waals surface area contributed by atoms with Crippen LogP contribution in [0.2, 0.25) is 0 Å². The fraction of sp³-hybridized carbons (Fsp3) is 0.641. The number of fused-ring (bicyclic) bond motifs is 4. The molecule has 2 aliphatic heterocycles. The molecule has 2 saturated heterocycles. The molecule has 3 atom stereocenters. The van der Waals surface area contributed by atoms with Crippen molar-refractivity contribution in [2.75, 3.05) is 55.0 Å². The summed E-state index contributed by atoms with van der Waals surface area (Å²) in [4.78, 5) is 30.9. The molecule has 0 saturated carbocycles. The number of benzene rings is 2. The largest absolute Gasteiger partial charge is 0.332 e. The molecule has 0 radical (unpaired) electrons. The summed E-state index contributed by atoms with van der Waals surface area (Å²) in [7, 11) is -7.67. The van der Waals surface area contributed by atoms with E-state index in [-0.39, 0.29) is 29.4 Å². The van der Waals surface area contributed by atoms with Crippen LogP contribution >= 0.6 is 0 Å². The first-order valence-electron chi connectivity index (χ1n) is 19.8. The molecule has 4 N–H and O–H groups in total. The van der Waals surface area contributed by atoms with Crippen LogP contribution in [0.3, 0.4) is 0 Å². The van der Waals surface area contributed by atoms with Gasteiger partial charge in [0, 0.05) is 17.9 Å². The van der Waals surface area contributed by atoms with E-state index in [0.29, 0.717) is 6.54 Å². The van der Waals surface area contributed by atoms with E-state index in [0.717, 1.165) is 150 Å². The molecular formula is C39H54N6O6S2. The monoisotopic (exact) mass is 766 g/mol. The third kappa shape index (κ3) is 7.97. The van der Waals surface area contributed by atoms with E-state index in [2.05, 4.69) is 37.1 Å². The third-order valence-electron chi connectivity index (χ3n) is 12.5. The van der Waals surface area contributed by atoms with Crippen LogP contribution < -0.4 is 20.1 Å². The van der Waals surface area contributed by atoms with Gasteiger partial charge in [-0.1, -0.05) is 19.1 Å². The van der Waals surface area contributed by atoms with E-state index in [1.807, 2.05) is 11.8 Å². The molecule has 14 heteroatoms. The van der Waals surface area contributed by atoms with Gasteiger partial charge >= 0.3 is 12.1 Å². The molecule has 288 valence electrons. The molecule has 0 bridgehead atoms. The average Bonchev–Trinajstić information content (AvgIpc) is 3.91. The van der Waals surface area contributed by atoms with Gasteiger partial charge in [-0.2, -0.15) is 0 Å². The fourth-order valence-corrected chi connectivity index (χ4v) is 12.9. The van der Waals surface area contributed by atoms with Gasteiger partial charge in [-0.05, 0) is 178 Å². The molecule has 12 nitrogen and oxygen atoms in total. The molecule has 0 spiro atoms. The van der Waals surface area contributed by atoms with Gasteiger partial charge in [-0.3, -0.25) is 4.90 Å². The lowest BCUT2D eigenvalue weighted by Gasteiger charge is -2.25. The number of hydrogen-bond acceptors (Lipinski definition) is 8. The maximum Gasteiger partial charge on any atom is 0.332 e. The molecule has 2 aromatic rings. The normalized spacial score (nSPS) is 23.0. The van der Waals surface area contributed by atoms with Crippen molar-refractivity contribution in [2.24, 2.45) is 11.8 Å². The second-order valence-corrected chi connectivity index (χ2v) is 20.0. The van der Waals surface area contributed by atoms with Gasteiger partial charge < -0.3 is 15.5 Å². The van der Waals surface area contributed by atoms with Crippen molar-refractivity contribution >= 4 is 43.5 Å². The zero-order chi connectivity index (χ0) is 36.9. The minimum absolute atomic E-state index is 0.0929. The third-order valence-corrected chi connectivity index (χ3v) is 15.2. The van der Waals surface area contributed by atoms with E-state index < -0.39 is 32.1 Å². The Morgan fingerprint density at radius 3 is 1.94 bits per heavy atom. The van der Waals surface area contributed by atoms with Gasteiger partial charge in [0.05, 0.1) is 5.75 Å². The molecule has 2 aromatic carbocycles. The van der Waals surface area contributed by atoms with Crippen molar-refractivity contribution in [1.82, 2.24) is 19.2 Å². The Labute approximate surface area is 314 Å². The van der Waals surface area contributed by atoms with E-state index in [1.165, 1.54) is 22.3 Å². The molecule has 2 fully saturated rings. The number of anilines is 2. The van der Waals surface area contributed by atoms with Crippen LogP contribution in [-0.2, 0) is 65.0 Å². The lowest BCUT2D eigenvalue weighted by molar-refractivity contribution is 0.255. The summed E-state index contributed by atoms with van der Waals surface area (Å²) in [6.07, 6.45) is 13.1. The molecule has 4 amide bonds. The van der Waals surface area contributed by atoms with Crippen LogP contribution in [0.5, 0.6) is 0 Å². The molecule has 8 rings (SSSR count). The van der Waals surface area contributed by atoms with Crippen LogP contribution in [0, 0.1) is 11.8 Å². The Morgan fingerprint density at radius 2 is 1.26 bits per heavy atom. The van der Waals surface area contributed by atoms with Gasteiger partial charge in [0.25, 0.3) is 0 Å². The van der Waals surface area contributed by atoms with Crippen molar-refractivity contribution in [1.29, 1.82) is 0 Å². The van der Waals surface area contributed by atoms with Crippen molar-refractivity contribution in [3.05, 3.63) is 56.6 Å². The van der Waals surface area contributed by atoms with E-state index in [9.17, 15) is 26.4 Å². The zero-order valence-corrected chi connectivity index (χ0v) is 32.5. The Balaban J connectivity index is 1.00. The highest BCUT2D eigenvalue weighted by molar-refractivity contribution is 7.90. The summed E-state index contributed by atoms with van der Waals surface area (Å²) >= 11 is 0. The Morgan fingerprint density at radius 1 is 0.679 bits per heavy atom.